The number of rotatable bonds is 5. The SMILES string of the molecule is COc1cccc(OC)c1CC1(CN)CC1. The van der Waals surface area contributed by atoms with Crippen molar-refractivity contribution in [3.63, 3.8) is 0 Å². The maximum Gasteiger partial charge on any atom is 0.125 e. The smallest absolute Gasteiger partial charge is 0.125 e. The monoisotopic (exact) mass is 221 g/mol. The van der Waals surface area contributed by atoms with E-state index in [0.717, 1.165) is 30.0 Å². The fraction of sp³-hybridized carbons (Fsp3) is 0.538. The Morgan fingerprint density at radius 2 is 1.75 bits per heavy atom. The van der Waals surface area contributed by atoms with Crippen molar-refractivity contribution in [3.05, 3.63) is 23.8 Å². The van der Waals surface area contributed by atoms with Crippen LogP contribution in [0.2, 0.25) is 0 Å². The molecular formula is C13H19NO2. The van der Waals surface area contributed by atoms with Gasteiger partial charge in [0, 0.05) is 5.56 Å². The summed E-state index contributed by atoms with van der Waals surface area (Å²) < 4.78 is 10.8. The van der Waals surface area contributed by atoms with Crippen LogP contribution in [0, 0.1) is 5.41 Å². The van der Waals surface area contributed by atoms with Gasteiger partial charge in [0.2, 0.25) is 0 Å². The molecule has 16 heavy (non-hydrogen) atoms. The van der Waals surface area contributed by atoms with Crippen LogP contribution in [-0.4, -0.2) is 20.8 Å². The van der Waals surface area contributed by atoms with Gasteiger partial charge in [-0.2, -0.15) is 0 Å². The van der Waals surface area contributed by atoms with Crippen LogP contribution in [0.5, 0.6) is 11.5 Å². The van der Waals surface area contributed by atoms with E-state index in [1.165, 1.54) is 12.8 Å². The minimum atomic E-state index is 0.294. The molecular weight excluding hydrogens is 202 g/mol. The summed E-state index contributed by atoms with van der Waals surface area (Å²) in [6.07, 6.45) is 3.38. The number of hydrogen-bond donors (Lipinski definition) is 1. The van der Waals surface area contributed by atoms with Crippen LogP contribution in [0.25, 0.3) is 0 Å². The summed E-state index contributed by atoms with van der Waals surface area (Å²) in [6.45, 7) is 0.744. The number of methoxy groups -OCH3 is 2. The van der Waals surface area contributed by atoms with E-state index in [4.69, 9.17) is 15.2 Å². The van der Waals surface area contributed by atoms with E-state index in [2.05, 4.69) is 0 Å². The van der Waals surface area contributed by atoms with E-state index in [1.807, 2.05) is 18.2 Å². The summed E-state index contributed by atoms with van der Waals surface area (Å²) in [5.41, 5.74) is 7.26. The number of ether oxygens (including phenoxy) is 2. The fourth-order valence-corrected chi connectivity index (χ4v) is 2.11. The van der Waals surface area contributed by atoms with Gasteiger partial charge in [0.1, 0.15) is 11.5 Å². The van der Waals surface area contributed by atoms with E-state index in [9.17, 15) is 0 Å². The van der Waals surface area contributed by atoms with Crippen LogP contribution >= 0.6 is 0 Å². The second-order valence-electron chi connectivity index (χ2n) is 4.52. The van der Waals surface area contributed by atoms with Gasteiger partial charge in [-0.15, -0.1) is 0 Å². The Labute approximate surface area is 96.5 Å². The number of hydrogen-bond acceptors (Lipinski definition) is 3. The average molecular weight is 221 g/mol. The molecule has 1 aromatic carbocycles. The van der Waals surface area contributed by atoms with Gasteiger partial charge in [0.15, 0.2) is 0 Å². The van der Waals surface area contributed by atoms with Crippen molar-refractivity contribution in [2.45, 2.75) is 19.3 Å². The van der Waals surface area contributed by atoms with Gasteiger partial charge in [-0.05, 0) is 43.4 Å². The van der Waals surface area contributed by atoms with Crippen molar-refractivity contribution in [2.24, 2.45) is 11.1 Å². The van der Waals surface area contributed by atoms with Gasteiger partial charge in [-0.3, -0.25) is 0 Å². The van der Waals surface area contributed by atoms with E-state index < -0.39 is 0 Å². The molecule has 1 aliphatic rings. The maximum atomic E-state index is 5.82. The molecule has 2 rings (SSSR count). The summed E-state index contributed by atoms with van der Waals surface area (Å²) in [4.78, 5) is 0. The lowest BCUT2D eigenvalue weighted by molar-refractivity contribution is 0.375. The first-order valence-electron chi connectivity index (χ1n) is 5.64. The van der Waals surface area contributed by atoms with Crippen molar-refractivity contribution < 1.29 is 9.47 Å². The van der Waals surface area contributed by atoms with Crippen molar-refractivity contribution in [1.29, 1.82) is 0 Å². The molecule has 1 saturated carbocycles. The zero-order valence-corrected chi connectivity index (χ0v) is 9.95. The Hall–Kier alpha value is -1.22. The molecule has 1 aromatic rings. The van der Waals surface area contributed by atoms with Crippen molar-refractivity contribution in [1.82, 2.24) is 0 Å². The molecule has 0 amide bonds. The molecule has 3 heteroatoms. The van der Waals surface area contributed by atoms with Crippen molar-refractivity contribution >= 4 is 0 Å². The second kappa shape index (κ2) is 4.34. The molecule has 0 aliphatic heterocycles. The van der Waals surface area contributed by atoms with Crippen LogP contribution in [-0.2, 0) is 6.42 Å². The molecule has 0 saturated heterocycles. The molecule has 88 valence electrons. The Bertz CT molecular complexity index is 350. The Balaban J connectivity index is 2.29. The average Bonchev–Trinajstić information content (AvgIpc) is 3.10. The van der Waals surface area contributed by atoms with Gasteiger partial charge in [-0.25, -0.2) is 0 Å². The van der Waals surface area contributed by atoms with E-state index >= 15 is 0 Å². The highest BCUT2D eigenvalue weighted by atomic mass is 16.5. The molecule has 0 atom stereocenters. The van der Waals surface area contributed by atoms with Gasteiger partial charge >= 0.3 is 0 Å². The summed E-state index contributed by atoms with van der Waals surface area (Å²) in [5.74, 6) is 1.80. The minimum Gasteiger partial charge on any atom is -0.496 e. The molecule has 0 heterocycles. The maximum absolute atomic E-state index is 5.82. The topological polar surface area (TPSA) is 44.5 Å². The van der Waals surface area contributed by atoms with E-state index in [0.29, 0.717) is 5.41 Å². The second-order valence-corrected chi connectivity index (χ2v) is 4.52. The summed E-state index contributed by atoms with van der Waals surface area (Å²) in [6, 6.07) is 5.90. The zero-order chi connectivity index (χ0) is 11.6. The number of nitrogens with two attached hydrogens (primary N) is 1. The highest BCUT2D eigenvalue weighted by Crippen LogP contribution is 2.49. The van der Waals surface area contributed by atoms with Gasteiger partial charge < -0.3 is 15.2 Å². The van der Waals surface area contributed by atoms with E-state index in [1.54, 1.807) is 14.2 Å². The first-order valence-corrected chi connectivity index (χ1v) is 5.64. The zero-order valence-electron chi connectivity index (χ0n) is 9.95. The third-order valence-corrected chi connectivity index (χ3v) is 3.47. The van der Waals surface area contributed by atoms with Crippen LogP contribution < -0.4 is 15.2 Å². The van der Waals surface area contributed by atoms with Crippen molar-refractivity contribution in [3.8, 4) is 11.5 Å². The molecule has 0 aromatic heterocycles. The Kier molecular flexibility index (Phi) is 3.06. The minimum absolute atomic E-state index is 0.294. The van der Waals surface area contributed by atoms with Crippen molar-refractivity contribution in [2.75, 3.05) is 20.8 Å². The van der Waals surface area contributed by atoms with Crippen LogP contribution in [0.3, 0.4) is 0 Å². The molecule has 2 N–H and O–H groups in total. The van der Waals surface area contributed by atoms with Gasteiger partial charge in [0.05, 0.1) is 14.2 Å². The normalized spacial score (nSPS) is 16.9. The Morgan fingerprint density at radius 1 is 1.19 bits per heavy atom. The fourth-order valence-electron chi connectivity index (χ4n) is 2.11. The lowest BCUT2D eigenvalue weighted by atomic mass is 9.95. The van der Waals surface area contributed by atoms with Gasteiger partial charge in [0.25, 0.3) is 0 Å². The quantitative estimate of drug-likeness (QED) is 0.827. The Morgan fingerprint density at radius 3 is 2.12 bits per heavy atom. The van der Waals surface area contributed by atoms with Crippen LogP contribution in [0.4, 0.5) is 0 Å². The largest absolute Gasteiger partial charge is 0.496 e. The predicted molar refractivity (Wildman–Crippen MR) is 64.0 cm³/mol. The summed E-state index contributed by atoms with van der Waals surface area (Å²) in [7, 11) is 3.39. The molecule has 3 nitrogen and oxygen atoms in total. The first-order chi connectivity index (χ1) is 7.74. The lowest BCUT2D eigenvalue weighted by Crippen LogP contribution is -2.18. The number of benzene rings is 1. The molecule has 1 aliphatic carbocycles. The third kappa shape index (κ3) is 2.00. The molecule has 0 spiro atoms. The first kappa shape index (κ1) is 11.3. The standard InChI is InChI=1S/C13H19NO2/c1-15-11-4-3-5-12(16-2)10(11)8-13(9-14)6-7-13/h3-5H,6-9,14H2,1-2H3. The summed E-state index contributed by atoms with van der Waals surface area (Å²) in [5, 5.41) is 0. The van der Waals surface area contributed by atoms with E-state index in [-0.39, 0.29) is 0 Å². The highest BCUT2D eigenvalue weighted by Gasteiger charge is 2.42. The van der Waals surface area contributed by atoms with Gasteiger partial charge in [-0.1, -0.05) is 6.07 Å². The van der Waals surface area contributed by atoms with Crippen LogP contribution in [0.15, 0.2) is 18.2 Å². The highest BCUT2D eigenvalue weighted by molar-refractivity contribution is 5.46. The predicted octanol–water partition coefficient (Wildman–Crippen LogP) is 1.99. The summed E-state index contributed by atoms with van der Waals surface area (Å²) >= 11 is 0. The molecule has 0 radical (unpaired) electrons. The van der Waals surface area contributed by atoms with Crippen LogP contribution in [0.1, 0.15) is 18.4 Å². The lowest BCUT2D eigenvalue weighted by Gasteiger charge is -2.17. The molecule has 1 fully saturated rings. The third-order valence-electron chi connectivity index (χ3n) is 3.47. The molecule has 0 bridgehead atoms. The molecule has 0 unspecified atom stereocenters.